The van der Waals surface area contributed by atoms with Gasteiger partial charge in [-0.3, -0.25) is 0 Å². The van der Waals surface area contributed by atoms with Gasteiger partial charge in [0.15, 0.2) is 0 Å². The Kier molecular flexibility index (Phi) is 4.77. The summed E-state index contributed by atoms with van der Waals surface area (Å²) in [6.07, 6.45) is 1.14. The van der Waals surface area contributed by atoms with Gasteiger partial charge < -0.3 is 13.3 Å². The van der Waals surface area contributed by atoms with Crippen LogP contribution in [0.5, 0.6) is 0 Å². The Labute approximate surface area is 103 Å². The zero-order chi connectivity index (χ0) is 12.4. The lowest BCUT2D eigenvalue weighted by molar-refractivity contribution is 0.0732. The van der Waals surface area contributed by atoms with Crippen LogP contribution >= 0.6 is 0 Å². The molecule has 5 heteroatoms. The summed E-state index contributed by atoms with van der Waals surface area (Å²) < 4.78 is 18.1. The van der Waals surface area contributed by atoms with Crippen LogP contribution in [0.4, 0.5) is 0 Å². The second-order valence-corrected chi connectivity index (χ2v) is 13.4. The molecule has 96 valence electrons. The second kappa shape index (κ2) is 5.31. The summed E-state index contributed by atoms with van der Waals surface area (Å²) in [5.74, 6) is 0. The highest BCUT2D eigenvalue weighted by molar-refractivity contribution is 7.14. The van der Waals surface area contributed by atoms with Crippen molar-refractivity contribution in [1.29, 1.82) is 0 Å². The Morgan fingerprint density at radius 3 is 2.00 bits per heavy atom. The molecule has 0 amide bonds. The SMILES string of the molecule is CC(C)(C)O[SiH]1CCCO[SiH]1OC(C)(C)C. The number of hydrogen-bond acceptors (Lipinski definition) is 3. The molecule has 16 heavy (non-hydrogen) atoms. The zero-order valence-corrected chi connectivity index (χ0v) is 13.8. The van der Waals surface area contributed by atoms with Gasteiger partial charge in [-0.2, -0.15) is 0 Å². The minimum absolute atomic E-state index is 0.0515. The Morgan fingerprint density at radius 2 is 1.50 bits per heavy atom. The predicted octanol–water partition coefficient (Wildman–Crippen LogP) is 2.06. The molecule has 0 aromatic heterocycles. The lowest BCUT2D eigenvalue weighted by Crippen LogP contribution is -2.52. The smallest absolute Gasteiger partial charge is 0.330 e. The molecule has 1 aliphatic heterocycles. The van der Waals surface area contributed by atoms with Crippen LogP contribution in [0.1, 0.15) is 48.0 Å². The fourth-order valence-electron chi connectivity index (χ4n) is 1.75. The van der Waals surface area contributed by atoms with E-state index in [1.165, 1.54) is 6.04 Å². The van der Waals surface area contributed by atoms with Crippen molar-refractivity contribution < 1.29 is 13.3 Å². The average Bonchev–Trinajstić information content (AvgIpc) is 2.03. The van der Waals surface area contributed by atoms with Crippen LogP contribution in [0, 0.1) is 0 Å². The first-order valence-electron chi connectivity index (χ1n) is 6.15. The van der Waals surface area contributed by atoms with Crippen LogP contribution in [0.15, 0.2) is 0 Å². The van der Waals surface area contributed by atoms with Gasteiger partial charge in [0.25, 0.3) is 0 Å². The molecule has 0 N–H and O–H groups in total. The van der Waals surface area contributed by atoms with E-state index < -0.39 is 17.4 Å². The lowest BCUT2D eigenvalue weighted by Gasteiger charge is -2.36. The normalized spacial score (nSPS) is 28.1. The third kappa shape index (κ3) is 5.59. The van der Waals surface area contributed by atoms with E-state index in [-0.39, 0.29) is 11.2 Å². The topological polar surface area (TPSA) is 27.7 Å². The molecular weight excluding hydrogens is 236 g/mol. The molecule has 0 spiro atoms. The highest BCUT2D eigenvalue weighted by Crippen LogP contribution is 2.22. The van der Waals surface area contributed by atoms with Gasteiger partial charge in [0, 0.05) is 17.8 Å². The summed E-state index contributed by atoms with van der Waals surface area (Å²) in [6, 6.07) is 1.21. The van der Waals surface area contributed by atoms with Crippen LogP contribution in [-0.2, 0) is 13.3 Å². The molecule has 0 saturated carbocycles. The summed E-state index contributed by atoms with van der Waals surface area (Å²) in [5.41, 5.74) is -0.148. The van der Waals surface area contributed by atoms with E-state index in [1.54, 1.807) is 0 Å². The molecule has 3 nitrogen and oxygen atoms in total. The van der Waals surface area contributed by atoms with Crippen molar-refractivity contribution >= 4 is 17.4 Å². The third-order valence-corrected chi connectivity index (χ3v) is 10.5. The Bertz CT molecular complexity index is 196. The molecule has 0 aliphatic carbocycles. The summed E-state index contributed by atoms with van der Waals surface area (Å²) in [6.45, 7) is 13.5. The fourth-order valence-corrected chi connectivity index (χ4v) is 11.1. The molecular formula is C11H26O3Si2. The highest BCUT2D eigenvalue weighted by Gasteiger charge is 2.38. The summed E-state index contributed by atoms with van der Waals surface area (Å²) in [7, 11) is -2.82. The van der Waals surface area contributed by atoms with Gasteiger partial charge in [-0.1, -0.05) is 0 Å². The summed E-state index contributed by atoms with van der Waals surface area (Å²) >= 11 is 0. The standard InChI is InChI=1S/C11H26O3Si2/c1-10(2,3)13-15-9-7-8-12-16(15)14-11(4,5)6/h15-16H,7-9H2,1-6H3. The molecule has 1 fully saturated rings. The maximum absolute atomic E-state index is 6.19. The Balaban J connectivity index is 2.57. The van der Waals surface area contributed by atoms with Crippen LogP contribution in [-0.4, -0.2) is 35.2 Å². The van der Waals surface area contributed by atoms with Crippen LogP contribution in [0.25, 0.3) is 0 Å². The lowest BCUT2D eigenvalue weighted by atomic mass is 10.2. The van der Waals surface area contributed by atoms with Crippen molar-refractivity contribution in [2.75, 3.05) is 6.61 Å². The molecule has 0 aromatic rings. The predicted molar refractivity (Wildman–Crippen MR) is 71.4 cm³/mol. The molecule has 1 rings (SSSR count). The molecule has 1 heterocycles. The van der Waals surface area contributed by atoms with Crippen LogP contribution < -0.4 is 0 Å². The maximum atomic E-state index is 6.19. The van der Waals surface area contributed by atoms with Crippen LogP contribution in [0.3, 0.4) is 0 Å². The second-order valence-electron chi connectivity index (χ2n) is 6.38. The van der Waals surface area contributed by atoms with Gasteiger partial charge in [0.05, 0.1) is 0 Å². The first kappa shape index (κ1) is 14.4. The zero-order valence-electron chi connectivity index (χ0n) is 11.5. The highest BCUT2D eigenvalue weighted by atomic mass is 29.2. The minimum Gasteiger partial charge on any atom is -0.413 e. The molecule has 2 atom stereocenters. The van der Waals surface area contributed by atoms with E-state index in [9.17, 15) is 0 Å². The molecule has 1 aliphatic rings. The van der Waals surface area contributed by atoms with Gasteiger partial charge in [-0.15, -0.1) is 0 Å². The monoisotopic (exact) mass is 262 g/mol. The van der Waals surface area contributed by atoms with E-state index in [1.807, 2.05) is 0 Å². The first-order chi connectivity index (χ1) is 7.17. The molecule has 0 radical (unpaired) electrons. The summed E-state index contributed by atoms with van der Waals surface area (Å²) in [4.78, 5) is 0. The van der Waals surface area contributed by atoms with E-state index >= 15 is 0 Å². The quantitative estimate of drug-likeness (QED) is 0.713. The van der Waals surface area contributed by atoms with Crippen LogP contribution in [0.2, 0.25) is 6.04 Å². The van der Waals surface area contributed by atoms with E-state index in [0.717, 1.165) is 13.0 Å². The first-order valence-corrected chi connectivity index (χ1v) is 11.0. The average molecular weight is 262 g/mol. The van der Waals surface area contributed by atoms with Gasteiger partial charge in [-0.25, -0.2) is 0 Å². The van der Waals surface area contributed by atoms with Gasteiger partial charge >= 0.3 is 8.80 Å². The maximum Gasteiger partial charge on any atom is 0.330 e. The molecule has 2 unspecified atom stereocenters. The molecule has 0 bridgehead atoms. The number of rotatable bonds is 2. The third-order valence-electron chi connectivity index (χ3n) is 2.19. The number of hydrogen-bond donors (Lipinski definition) is 0. The van der Waals surface area contributed by atoms with E-state index in [4.69, 9.17) is 13.3 Å². The van der Waals surface area contributed by atoms with Crippen molar-refractivity contribution in [2.24, 2.45) is 0 Å². The molecule has 1 saturated heterocycles. The Morgan fingerprint density at radius 1 is 0.938 bits per heavy atom. The van der Waals surface area contributed by atoms with E-state index in [2.05, 4.69) is 41.5 Å². The Hall–Kier alpha value is 0.314. The van der Waals surface area contributed by atoms with Crippen molar-refractivity contribution in [2.45, 2.75) is 65.2 Å². The fraction of sp³-hybridized carbons (Fsp3) is 1.00. The largest absolute Gasteiger partial charge is 0.413 e. The van der Waals surface area contributed by atoms with Crippen molar-refractivity contribution in [3.63, 3.8) is 0 Å². The minimum atomic E-state index is -1.55. The van der Waals surface area contributed by atoms with Crippen molar-refractivity contribution in [1.82, 2.24) is 0 Å². The van der Waals surface area contributed by atoms with Crippen molar-refractivity contribution in [3.05, 3.63) is 0 Å². The summed E-state index contributed by atoms with van der Waals surface area (Å²) in [5, 5.41) is 0. The van der Waals surface area contributed by atoms with Gasteiger partial charge in [0.2, 0.25) is 8.56 Å². The van der Waals surface area contributed by atoms with Gasteiger partial charge in [-0.05, 0) is 54.0 Å². The van der Waals surface area contributed by atoms with Gasteiger partial charge in [0.1, 0.15) is 0 Å². The van der Waals surface area contributed by atoms with Crippen molar-refractivity contribution in [3.8, 4) is 0 Å². The van der Waals surface area contributed by atoms with E-state index in [0.29, 0.717) is 0 Å². The molecule has 0 aromatic carbocycles.